The lowest BCUT2D eigenvalue weighted by Crippen LogP contribution is -2.10. The summed E-state index contributed by atoms with van der Waals surface area (Å²) in [6.45, 7) is 1.48. The molecule has 1 aliphatic heterocycles. The first-order valence-corrected chi connectivity index (χ1v) is 6.07. The van der Waals surface area contributed by atoms with Gasteiger partial charge in [-0.25, -0.2) is 0 Å². The van der Waals surface area contributed by atoms with Crippen molar-refractivity contribution < 1.29 is 14.6 Å². The van der Waals surface area contributed by atoms with Gasteiger partial charge in [-0.05, 0) is 31.4 Å². The predicted molar refractivity (Wildman–Crippen MR) is 65.3 cm³/mol. The number of hydrogen-bond acceptors (Lipinski definition) is 4. The van der Waals surface area contributed by atoms with Crippen molar-refractivity contribution in [3.63, 3.8) is 0 Å². The number of nitrogens with two attached hydrogens (primary N) is 1. The first-order valence-electron chi connectivity index (χ1n) is 6.07. The molecular weight excluding hydrogens is 218 g/mol. The summed E-state index contributed by atoms with van der Waals surface area (Å²) in [5.41, 5.74) is 6.92. The smallest absolute Gasteiger partial charge is 0.127 e. The second kappa shape index (κ2) is 5.89. The van der Waals surface area contributed by atoms with Gasteiger partial charge in [0.25, 0.3) is 0 Å². The Morgan fingerprint density at radius 2 is 2.24 bits per heavy atom. The molecule has 0 aromatic heterocycles. The molecule has 0 saturated heterocycles. The van der Waals surface area contributed by atoms with Gasteiger partial charge in [-0.3, -0.25) is 0 Å². The monoisotopic (exact) mass is 237 g/mol. The summed E-state index contributed by atoms with van der Waals surface area (Å²) in [7, 11) is 0. The lowest BCUT2D eigenvalue weighted by molar-refractivity contribution is 0.265. The Bertz CT molecular complexity index is 368. The number of fused-ring (bicyclic) bond motifs is 1. The van der Waals surface area contributed by atoms with Gasteiger partial charge in [-0.2, -0.15) is 0 Å². The first kappa shape index (κ1) is 12.2. The van der Waals surface area contributed by atoms with Crippen LogP contribution in [0.5, 0.6) is 11.5 Å². The van der Waals surface area contributed by atoms with Crippen molar-refractivity contribution in [2.75, 3.05) is 19.8 Å². The second-order valence-electron chi connectivity index (χ2n) is 4.25. The minimum absolute atomic E-state index is 0.0106. The van der Waals surface area contributed by atoms with Gasteiger partial charge in [0.15, 0.2) is 0 Å². The predicted octanol–water partition coefficient (Wildman–Crippen LogP) is 1.62. The number of ether oxygens (including phenoxy) is 2. The van der Waals surface area contributed by atoms with E-state index in [0.29, 0.717) is 13.2 Å². The molecule has 0 spiro atoms. The number of hydrogen-bond donors (Lipinski definition) is 2. The lowest BCUT2D eigenvalue weighted by Gasteiger charge is -2.07. The Balaban J connectivity index is 1.82. The standard InChI is InChI=1S/C13H19NO3/c14-12-9-17-13-8-10(4-5-11(12)13)16-7-3-1-2-6-15/h4-5,8,12,15H,1-3,6-7,9,14H2. The summed E-state index contributed by atoms with van der Waals surface area (Å²) in [6.07, 6.45) is 2.78. The van der Waals surface area contributed by atoms with E-state index < -0.39 is 0 Å². The van der Waals surface area contributed by atoms with E-state index in [1.807, 2.05) is 18.2 Å². The summed E-state index contributed by atoms with van der Waals surface area (Å²) < 4.78 is 11.1. The van der Waals surface area contributed by atoms with Gasteiger partial charge in [0.05, 0.1) is 12.6 Å². The molecule has 94 valence electrons. The molecule has 1 unspecified atom stereocenters. The number of rotatable bonds is 6. The lowest BCUT2D eigenvalue weighted by atomic mass is 10.1. The van der Waals surface area contributed by atoms with Crippen molar-refractivity contribution in [3.05, 3.63) is 23.8 Å². The molecule has 1 heterocycles. The third-order valence-corrected chi connectivity index (χ3v) is 2.87. The fraction of sp³-hybridized carbons (Fsp3) is 0.538. The van der Waals surface area contributed by atoms with Gasteiger partial charge < -0.3 is 20.3 Å². The Labute approximate surface area is 101 Å². The van der Waals surface area contributed by atoms with Gasteiger partial charge in [0.2, 0.25) is 0 Å². The molecule has 1 aromatic rings. The zero-order valence-corrected chi connectivity index (χ0v) is 9.89. The normalized spacial score (nSPS) is 17.6. The van der Waals surface area contributed by atoms with Crippen molar-refractivity contribution in [2.45, 2.75) is 25.3 Å². The Hall–Kier alpha value is -1.26. The maximum absolute atomic E-state index is 8.64. The minimum Gasteiger partial charge on any atom is -0.493 e. The van der Waals surface area contributed by atoms with Crippen LogP contribution in [0.3, 0.4) is 0 Å². The van der Waals surface area contributed by atoms with Gasteiger partial charge in [0.1, 0.15) is 18.1 Å². The second-order valence-corrected chi connectivity index (χ2v) is 4.25. The fourth-order valence-corrected chi connectivity index (χ4v) is 1.89. The average Bonchev–Trinajstić information content (AvgIpc) is 2.71. The zero-order chi connectivity index (χ0) is 12.1. The van der Waals surface area contributed by atoms with E-state index in [2.05, 4.69) is 0 Å². The van der Waals surface area contributed by atoms with Crippen LogP contribution in [-0.4, -0.2) is 24.9 Å². The Morgan fingerprint density at radius 3 is 3.06 bits per heavy atom. The number of aliphatic hydroxyl groups is 1. The van der Waals surface area contributed by atoms with Gasteiger partial charge in [-0.1, -0.05) is 0 Å². The topological polar surface area (TPSA) is 64.7 Å². The molecule has 0 saturated carbocycles. The summed E-state index contributed by atoms with van der Waals surface area (Å²) in [6, 6.07) is 5.78. The molecule has 17 heavy (non-hydrogen) atoms. The minimum atomic E-state index is -0.0106. The van der Waals surface area contributed by atoms with E-state index in [1.54, 1.807) is 0 Å². The van der Waals surface area contributed by atoms with Crippen molar-refractivity contribution in [1.82, 2.24) is 0 Å². The molecule has 2 rings (SSSR count). The molecule has 0 radical (unpaired) electrons. The van der Waals surface area contributed by atoms with Crippen LogP contribution in [0.2, 0.25) is 0 Å². The molecule has 4 heteroatoms. The van der Waals surface area contributed by atoms with Crippen molar-refractivity contribution in [1.29, 1.82) is 0 Å². The van der Waals surface area contributed by atoms with Crippen molar-refractivity contribution in [3.8, 4) is 11.5 Å². The highest BCUT2D eigenvalue weighted by atomic mass is 16.5. The molecule has 0 fully saturated rings. The third kappa shape index (κ3) is 3.11. The van der Waals surface area contributed by atoms with Crippen LogP contribution in [0, 0.1) is 0 Å². The van der Waals surface area contributed by atoms with E-state index in [-0.39, 0.29) is 12.6 Å². The van der Waals surface area contributed by atoms with Crippen LogP contribution in [0.1, 0.15) is 30.9 Å². The van der Waals surface area contributed by atoms with E-state index in [1.165, 1.54) is 0 Å². The van der Waals surface area contributed by atoms with E-state index >= 15 is 0 Å². The number of aliphatic hydroxyl groups excluding tert-OH is 1. The molecule has 3 N–H and O–H groups in total. The summed E-state index contributed by atoms with van der Waals surface area (Å²) >= 11 is 0. The molecule has 0 aliphatic carbocycles. The Kier molecular flexibility index (Phi) is 4.23. The van der Waals surface area contributed by atoms with Crippen LogP contribution in [0.25, 0.3) is 0 Å². The van der Waals surface area contributed by atoms with Gasteiger partial charge in [0, 0.05) is 18.2 Å². The zero-order valence-electron chi connectivity index (χ0n) is 9.89. The van der Waals surface area contributed by atoms with Crippen LogP contribution in [0.4, 0.5) is 0 Å². The number of unbranched alkanes of at least 4 members (excludes halogenated alkanes) is 2. The summed E-state index contributed by atoms with van der Waals surface area (Å²) in [4.78, 5) is 0. The summed E-state index contributed by atoms with van der Waals surface area (Å²) in [5.74, 6) is 1.66. The fourth-order valence-electron chi connectivity index (χ4n) is 1.89. The maximum Gasteiger partial charge on any atom is 0.127 e. The van der Waals surface area contributed by atoms with E-state index in [4.69, 9.17) is 20.3 Å². The van der Waals surface area contributed by atoms with E-state index in [0.717, 1.165) is 36.3 Å². The van der Waals surface area contributed by atoms with E-state index in [9.17, 15) is 0 Å². The number of benzene rings is 1. The summed E-state index contributed by atoms with van der Waals surface area (Å²) in [5, 5.41) is 8.64. The molecule has 4 nitrogen and oxygen atoms in total. The first-order chi connectivity index (χ1) is 8.31. The van der Waals surface area contributed by atoms with Crippen LogP contribution in [-0.2, 0) is 0 Å². The quantitative estimate of drug-likeness (QED) is 0.738. The van der Waals surface area contributed by atoms with Gasteiger partial charge in [-0.15, -0.1) is 0 Å². The SMILES string of the molecule is NC1COc2cc(OCCCCCO)ccc21. The molecular formula is C13H19NO3. The van der Waals surface area contributed by atoms with Crippen molar-refractivity contribution in [2.24, 2.45) is 5.73 Å². The average molecular weight is 237 g/mol. The molecule has 1 aliphatic rings. The highest BCUT2D eigenvalue weighted by Crippen LogP contribution is 2.33. The van der Waals surface area contributed by atoms with Gasteiger partial charge >= 0.3 is 0 Å². The largest absolute Gasteiger partial charge is 0.493 e. The highest BCUT2D eigenvalue weighted by Gasteiger charge is 2.20. The maximum atomic E-state index is 8.64. The molecule has 0 amide bonds. The molecule has 0 bridgehead atoms. The van der Waals surface area contributed by atoms with Crippen LogP contribution >= 0.6 is 0 Å². The third-order valence-electron chi connectivity index (χ3n) is 2.87. The Morgan fingerprint density at radius 1 is 1.35 bits per heavy atom. The van der Waals surface area contributed by atoms with Crippen LogP contribution in [0.15, 0.2) is 18.2 Å². The highest BCUT2D eigenvalue weighted by molar-refractivity contribution is 5.44. The van der Waals surface area contributed by atoms with Crippen LogP contribution < -0.4 is 15.2 Å². The molecule has 1 aromatic carbocycles. The van der Waals surface area contributed by atoms with Crippen molar-refractivity contribution >= 4 is 0 Å². The molecule has 1 atom stereocenters.